The second kappa shape index (κ2) is 14.2. The molecular formula is C30H43N7O5. The molecule has 2 saturated heterocycles. The fourth-order valence-corrected chi connectivity index (χ4v) is 5.71. The lowest BCUT2D eigenvalue weighted by Crippen LogP contribution is -2.52. The highest BCUT2D eigenvalue weighted by Crippen LogP contribution is 2.29. The van der Waals surface area contributed by atoms with Crippen LogP contribution in [0, 0.1) is 11.8 Å². The number of nitrogens with zero attached hydrogens (tertiary/aromatic N) is 2. The maximum atomic E-state index is 14.1. The summed E-state index contributed by atoms with van der Waals surface area (Å²) in [6.45, 7) is 4.86. The number of aliphatic imine (C=N–C) groups is 1. The predicted octanol–water partition coefficient (Wildman–Crippen LogP) is 2.20. The van der Waals surface area contributed by atoms with Gasteiger partial charge in [-0.05, 0) is 50.5 Å². The first-order chi connectivity index (χ1) is 20.1. The lowest BCUT2D eigenvalue weighted by Gasteiger charge is -2.30. The molecule has 4 atom stereocenters. The van der Waals surface area contributed by atoms with Crippen molar-refractivity contribution in [3.63, 3.8) is 0 Å². The van der Waals surface area contributed by atoms with E-state index in [1.807, 2.05) is 24.3 Å². The quantitative estimate of drug-likeness (QED) is 0.0987. The molecule has 4 rings (SSSR count). The first kappa shape index (κ1) is 30.9. The summed E-state index contributed by atoms with van der Waals surface area (Å²) in [5.41, 5.74) is 12.3. The van der Waals surface area contributed by atoms with Crippen molar-refractivity contribution in [2.24, 2.45) is 28.3 Å². The number of hydrogen-bond donors (Lipinski definition) is 5. The summed E-state index contributed by atoms with van der Waals surface area (Å²) in [7, 11) is 0. The summed E-state index contributed by atoms with van der Waals surface area (Å²) in [6, 6.07) is 6.59. The molecule has 2 aromatic rings. The molecule has 42 heavy (non-hydrogen) atoms. The third kappa shape index (κ3) is 7.80. The van der Waals surface area contributed by atoms with Crippen LogP contribution >= 0.6 is 0 Å². The fourth-order valence-electron chi connectivity index (χ4n) is 5.71. The van der Waals surface area contributed by atoms with E-state index in [9.17, 15) is 19.2 Å². The van der Waals surface area contributed by atoms with E-state index in [0.717, 1.165) is 23.7 Å². The summed E-state index contributed by atoms with van der Waals surface area (Å²) in [6.07, 6.45) is 4.07. The van der Waals surface area contributed by atoms with Crippen LogP contribution in [-0.4, -0.2) is 64.9 Å². The number of benzene rings is 1. The molecule has 12 heteroatoms. The Morgan fingerprint density at radius 2 is 1.88 bits per heavy atom. The Morgan fingerprint density at radius 1 is 1.10 bits per heavy atom. The molecule has 0 unspecified atom stereocenters. The third-order valence-corrected chi connectivity index (χ3v) is 7.88. The molecule has 2 fully saturated rings. The number of cyclic esters (lactones) is 1. The number of carbonyl (C=O) groups excluding carboxylic acids is 4. The van der Waals surface area contributed by atoms with Crippen LogP contribution in [0.4, 0.5) is 0 Å². The van der Waals surface area contributed by atoms with E-state index in [2.05, 4.69) is 34.5 Å². The van der Waals surface area contributed by atoms with Gasteiger partial charge in [-0.25, -0.2) is 0 Å². The highest BCUT2D eigenvalue weighted by molar-refractivity contribution is 5.99. The molecule has 3 amide bonds. The largest absolute Gasteiger partial charge is 0.461 e. The van der Waals surface area contributed by atoms with E-state index < -0.39 is 42.0 Å². The SMILES string of the molecule is CC(C)CCC[C@@H]1CC(=O)N[C@H](c2c[nH]c3ccccc23)C(=O)N2CCC[C@H]2NC(=O)[C@@H](CCCN=C(N)N)C(=O)O1. The van der Waals surface area contributed by atoms with Gasteiger partial charge < -0.3 is 36.7 Å². The predicted molar refractivity (Wildman–Crippen MR) is 159 cm³/mol. The first-order valence-electron chi connectivity index (χ1n) is 14.9. The number of nitrogens with two attached hydrogens (primary N) is 2. The van der Waals surface area contributed by atoms with Crippen molar-refractivity contribution in [3.05, 3.63) is 36.0 Å². The molecule has 1 aromatic carbocycles. The van der Waals surface area contributed by atoms with Gasteiger partial charge in [0.25, 0.3) is 5.91 Å². The van der Waals surface area contributed by atoms with E-state index in [0.29, 0.717) is 43.7 Å². The normalized spacial score (nSPS) is 23.8. The minimum absolute atomic E-state index is 0.0712. The van der Waals surface area contributed by atoms with Crippen LogP contribution in [0.25, 0.3) is 10.9 Å². The number of ether oxygens (including phenoxy) is 1. The van der Waals surface area contributed by atoms with Gasteiger partial charge in [0, 0.05) is 35.8 Å². The van der Waals surface area contributed by atoms with Gasteiger partial charge in [-0.1, -0.05) is 38.5 Å². The van der Waals surface area contributed by atoms with E-state index in [1.54, 1.807) is 11.1 Å². The highest BCUT2D eigenvalue weighted by Gasteiger charge is 2.40. The molecule has 7 N–H and O–H groups in total. The number of H-pyrrole nitrogens is 1. The van der Waals surface area contributed by atoms with Crippen LogP contribution < -0.4 is 22.1 Å². The molecule has 0 spiro atoms. The Balaban J connectivity index is 1.66. The van der Waals surface area contributed by atoms with Crippen LogP contribution in [0.1, 0.15) is 76.8 Å². The van der Waals surface area contributed by atoms with Gasteiger partial charge in [-0.3, -0.25) is 24.2 Å². The van der Waals surface area contributed by atoms with Gasteiger partial charge in [0.15, 0.2) is 5.96 Å². The number of guanidine groups is 1. The van der Waals surface area contributed by atoms with Crippen LogP contribution in [0.5, 0.6) is 0 Å². The van der Waals surface area contributed by atoms with Crippen molar-refractivity contribution in [1.29, 1.82) is 0 Å². The number of carbonyl (C=O) groups is 4. The summed E-state index contributed by atoms with van der Waals surface area (Å²) in [5, 5.41) is 6.68. The van der Waals surface area contributed by atoms with Gasteiger partial charge in [-0.15, -0.1) is 0 Å². The van der Waals surface area contributed by atoms with Gasteiger partial charge in [0.05, 0.1) is 6.42 Å². The first-order valence-corrected chi connectivity index (χ1v) is 14.9. The lowest BCUT2D eigenvalue weighted by atomic mass is 10.00. The molecule has 228 valence electrons. The minimum atomic E-state index is -1.13. The topological polar surface area (TPSA) is 185 Å². The Kier molecular flexibility index (Phi) is 10.4. The van der Waals surface area contributed by atoms with Crippen LogP contribution in [0.2, 0.25) is 0 Å². The number of para-hydroxylation sites is 1. The molecule has 0 aliphatic carbocycles. The maximum Gasteiger partial charge on any atom is 0.318 e. The van der Waals surface area contributed by atoms with Gasteiger partial charge in [0.1, 0.15) is 24.2 Å². The number of amides is 3. The zero-order valence-electron chi connectivity index (χ0n) is 24.4. The third-order valence-electron chi connectivity index (χ3n) is 7.88. The zero-order valence-corrected chi connectivity index (χ0v) is 24.4. The average molecular weight is 582 g/mol. The van der Waals surface area contributed by atoms with E-state index in [4.69, 9.17) is 16.2 Å². The Hall–Kier alpha value is -4.09. The molecule has 2 aliphatic rings. The molecular weight excluding hydrogens is 538 g/mol. The number of nitrogens with one attached hydrogen (secondary N) is 3. The second-order valence-corrected chi connectivity index (χ2v) is 11.6. The Labute approximate surface area is 246 Å². The summed E-state index contributed by atoms with van der Waals surface area (Å²) in [4.78, 5) is 63.3. The van der Waals surface area contributed by atoms with Gasteiger partial charge in [0.2, 0.25) is 11.8 Å². The number of aromatic nitrogens is 1. The molecule has 2 aliphatic heterocycles. The number of rotatable bonds is 9. The number of fused-ring (bicyclic) bond motifs is 2. The van der Waals surface area contributed by atoms with Crippen LogP contribution in [0.3, 0.4) is 0 Å². The Bertz CT molecular complexity index is 1300. The highest BCUT2D eigenvalue weighted by atomic mass is 16.5. The molecule has 12 nitrogen and oxygen atoms in total. The minimum Gasteiger partial charge on any atom is -0.461 e. The van der Waals surface area contributed by atoms with Crippen molar-refractivity contribution in [2.45, 2.75) is 83.5 Å². The fraction of sp³-hybridized carbons (Fsp3) is 0.567. The van der Waals surface area contributed by atoms with Gasteiger partial charge >= 0.3 is 5.97 Å². The average Bonchev–Trinajstić information content (AvgIpc) is 3.57. The molecule has 0 saturated carbocycles. The van der Waals surface area contributed by atoms with Crippen molar-refractivity contribution < 1.29 is 23.9 Å². The summed E-state index contributed by atoms with van der Waals surface area (Å²) in [5.74, 6) is -2.69. The second-order valence-electron chi connectivity index (χ2n) is 11.6. The van der Waals surface area contributed by atoms with Crippen molar-refractivity contribution in [1.82, 2.24) is 20.5 Å². The van der Waals surface area contributed by atoms with Gasteiger partial charge in [-0.2, -0.15) is 0 Å². The number of hydrogen-bond acceptors (Lipinski definition) is 6. The van der Waals surface area contributed by atoms with Crippen molar-refractivity contribution in [2.75, 3.05) is 13.1 Å². The van der Waals surface area contributed by atoms with Crippen molar-refractivity contribution in [3.8, 4) is 0 Å². The maximum absolute atomic E-state index is 14.1. The zero-order chi connectivity index (χ0) is 30.2. The smallest absolute Gasteiger partial charge is 0.318 e. The lowest BCUT2D eigenvalue weighted by molar-refractivity contribution is -0.159. The molecule has 0 bridgehead atoms. The van der Waals surface area contributed by atoms with Crippen molar-refractivity contribution >= 4 is 40.6 Å². The molecule has 1 aromatic heterocycles. The van der Waals surface area contributed by atoms with E-state index in [-0.39, 0.29) is 31.3 Å². The summed E-state index contributed by atoms with van der Waals surface area (Å²) >= 11 is 0. The van der Waals surface area contributed by atoms with Crippen LogP contribution in [-0.2, 0) is 23.9 Å². The molecule has 3 heterocycles. The summed E-state index contributed by atoms with van der Waals surface area (Å²) < 4.78 is 5.86. The molecule has 0 radical (unpaired) electrons. The standard InChI is InChI=1S/C30H43N7O5/c1-18(2)8-5-9-19-16-25(38)36-26(22-17-34-23-12-4-3-10-20(22)23)28(40)37-15-7-13-24(37)35-27(39)21(29(41)42-19)11-6-14-33-30(31)32/h3-4,10,12,17-19,21,24,26,34H,5-9,11,13-16H2,1-2H3,(H,35,39)(H,36,38)(H4,31,32,33)/t19-,21-,24+,26-/m1/s1. The number of esters is 1. The van der Waals surface area contributed by atoms with E-state index >= 15 is 0 Å². The van der Waals surface area contributed by atoms with Crippen LogP contribution in [0.15, 0.2) is 35.5 Å². The van der Waals surface area contributed by atoms with E-state index in [1.165, 1.54) is 0 Å². The number of aromatic amines is 1. The monoisotopic (exact) mass is 581 g/mol. The Morgan fingerprint density at radius 3 is 2.64 bits per heavy atom.